The zero-order chi connectivity index (χ0) is 19.9. The number of amides is 2. The lowest BCUT2D eigenvalue weighted by Gasteiger charge is -2.11. The Labute approximate surface area is 167 Å². The van der Waals surface area contributed by atoms with Gasteiger partial charge in [-0.15, -0.1) is 11.3 Å². The number of carbonyl (C=O) groups excluding carboxylic acids is 1. The molecule has 0 atom stereocenters. The molecule has 1 aromatic heterocycles. The molecule has 2 amide bonds. The van der Waals surface area contributed by atoms with Crippen LogP contribution in [-0.2, 0) is 0 Å². The van der Waals surface area contributed by atoms with Crippen molar-refractivity contribution in [2.45, 2.75) is 6.92 Å². The van der Waals surface area contributed by atoms with Crippen molar-refractivity contribution in [3.63, 3.8) is 0 Å². The average Bonchev–Trinajstić information content (AvgIpc) is 3.17. The molecule has 3 aromatic rings. The van der Waals surface area contributed by atoms with Crippen molar-refractivity contribution in [1.29, 1.82) is 0 Å². The number of thiazole rings is 1. The van der Waals surface area contributed by atoms with Gasteiger partial charge in [0, 0.05) is 17.0 Å². The molecule has 0 unspecified atom stereocenters. The van der Waals surface area contributed by atoms with Crippen molar-refractivity contribution >= 4 is 28.2 Å². The number of methoxy groups -OCH3 is 2. The Morgan fingerprint density at radius 1 is 1.04 bits per heavy atom. The summed E-state index contributed by atoms with van der Waals surface area (Å²) in [5.41, 5.74) is 2.26. The fraction of sp³-hybridized carbons (Fsp3) is 0.200. The third-order valence-electron chi connectivity index (χ3n) is 3.84. The number of carbonyl (C=O) groups is 1. The van der Waals surface area contributed by atoms with Crippen LogP contribution in [-0.4, -0.2) is 31.8 Å². The standard InChI is InChI=1S/C20H21N3O4S/c1-4-27-14-7-5-13(6-8-14)17-12-28-20(22-17)23-19(24)21-16-10-9-15(25-2)11-18(16)26-3/h5-12H,4H2,1-3H3,(H2,21,22,23,24). The highest BCUT2D eigenvalue weighted by Gasteiger charge is 2.11. The molecule has 2 N–H and O–H groups in total. The molecule has 0 fully saturated rings. The minimum absolute atomic E-state index is 0.406. The van der Waals surface area contributed by atoms with E-state index in [4.69, 9.17) is 14.2 Å². The first-order valence-corrected chi connectivity index (χ1v) is 9.49. The van der Waals surface area contributed by atoms with Crippen molar-refractivity contribution in [2.75, 3.05) is 31.5 Å². The zero-order valence-corrected chi connectivity index (χ0v) is 16.6. The second kappa shape index (κ2) is 9.09. The monoisotopic (exact) mass is 399 g/mol. The number of nitrogens with zero attached hydrogens (tertiary/aromatic N) is 1. The topological polar surface area (TPSA) is 81.7 Å². The molecule has 0 saturated heterocycles. The lowest BCUT2D eigenvalue weighted by Crippen LogP contribution is -2.19. The van der Waals surface area contributed by atoms with Crippen LogP contribution >= 0.6 is 11.3 Å². The van der Waals surface area contributed by atoms with Gasteiger partial charge in [-0.25, -0.2) is 9.78 Å². The quantitative estimate of drug-likeness (QED) is 0.592. The van der Waals surface area contributed by atoms with Gasteiger partial charge < -0.3 is 19.5 Å². The molecule has 3 rings (SSSR count). The molecule has 0 aliphatic heterocycles. The van der Waals surface area contributed by atoms with E-state index in [9.17, 15) is 4.79 Å². The molecule has 1 heterocycles. The number of hydrogen-bond donors (Lipinski definition) is 2. The van der Waals surface area contributed by atoms with Crippen molar-refractivity contribution in [3.8, 4) is 28.5 Å². The minimum Gasteiger partial charge on any atom is -0.497 e. The van der Waals surface area contributed by atoms with Crippen molar-refractivity contribution < 1.29 is 19.0 Å². The first kappa shape index (κ1) is 19.5. The summed E-state index contributed by atoms with van der Waals surface area (Å²) in [6.07, 6.45) is 0. The molecule has 28 heavy (non-hydrogen) atoms. The molecular weight excluding hydrogens is 378 g/mol. The van der Waals surface area contributed by atoms with E-state index in [0.29, 0.717) is 28.9 Å². The maximum absolute atomic E-state index is 12.3. The van der Waals surface area contributed by atoms with Crippen LogP contribution in [0.1, 0.15) is 6.92 Å². The average molecular weight is 399 g/mol. The summed E-state index contributed by atoms with van der Waals surface area (Å²) in [4.78, 5) is 16.8. The van der Waals surface area contributed by atoms with Gasteiger partial charge in [-0.1, -0.05) is 0 Å². The lowest BCUT2D eigenvalue weighted by atomic mass is 10.2. The summed E-state index contributed by atoms with van der Waals surface area (Å²) < 4.78 is 15.9. The first-order chi connectivity index (χ1) is 13.6. The van der Waals surface area contributed by atoms with E-state index in [1.807, 2.05) is 36.6 Å². The van der Waals surface area contributed by atoms with Crippen LogP contribution in [0.25, 0.3) is 11.3 Å². The number of nitrogens with one attached hydrogen (secondary N) is 2. The van der Waals surface area contributed by atoms with Gasteiger partial charge in [0.15, 0.2) is 5.13 Å². The first-order valence-electron chi connectivity index (χ1n) is 8.61. The van der Waals surface area contributed by atoms with Crippen LogP contribution in [0.4, 0.5) is 15.6 Å². The number of hydrogen-bond acceptors (Lipinski definition) is 6. The molecule has 146 valence electrons. The van der Waals surface area contributed by atoms with E-state index in [-0.39, 0.29) is 0 Å². The van der Waals surface area contributed by atoms with E-state index in [0.717, 1.165) is 17.0 Å². The fourth-order valence-corrected chi connectivity index (χ4v) is 3.22. The SMILES string of the molecule is CCOc1ccc(-c2csc(NC(=O)Nc3ccc(OC)cc3OC)n2)cc1. The highest BCUT2D eigenvalue weighted by Crippen LogP contribution is 2.30. The van der Waals surface area contributed by atoms with Gasteiger partial charge in [0.2, 0.25) is 0 Å². The van der Waals surface area contributed by atoms with Gasteiger partial charge in [-0.05, 0) is 43.3 Å². The van der Waals surface area contributed by atoms with E-state index in [1.54, 1.807) is 25.3 Å². The summed E-state index contributed by atoms with van der Waals surface area (Å²) in [6.45, 7) is 2.57. The fourth-order valence-electron chi connectivity index (χ4n) is 2.50. The van der Waals surface area contributed by atoms with Crippen LogP contribution in [0.5, 0.6) is 17.2 Å². The molecule has 0 radical (unpaired) electrons. The van der Waals surface area contributed by atoms with Crippen LogP contribution in [0.15, 0.2) is 47.8 Å². The van der Waals surface area contributed by atoms with E-state index in [2.05, 4.69) is 15.6 Å². The highest BCUT2D eigenvalue weighted by atomic mass is 32.1. The summed E-state index contributed by atoms with van der Waals surface area (Å²) in [6, 6.07) is 12.4. The number of anilines is 2. The molecule has 0 saturated carbocycles. The van der Waals surface area contributed by atoms with Gasteiger partial charge in [-0.2, -0.15) is 0 Å². The Morgan fingerprint density at radius 3 is 2.46 bits per heavy atom. The predicted molar refractivity (Wildman–Crippen MR) is 111 cm³/mol. The van der Waals surface area contributed by atoms with Gasteiger partial charge in [0.25, 0.3) is 0 Å². The Hall–Kier alpha value is -3.26. The zero-order valence-electron chi connectivity index (χ0n) is 15.8. The maximum Gasteiger partial charge on any atom is 0.325 e. The van der Waals surface area contributed by atoms with Gasteiger partial charge in [0.1, 0.15) is 17.2 Å². The Morgan fingerprint density at radius 2 is 1.79 bits per heavy atom. The molecule has 8 heteroatoms. The largest absolute Gasteiger partial charge is 0.497 e. The number of urea groups is 1. The van der Waals surface area contributed by atoms with E-state index >= 15 is 0 Å². The van der Waals surface area contributed by atoms with Crippen molar-refractivity contribution in [1.82, 2.24) is 4.98 Å². The number of rotatable bonds is 7. The van der Waals surface area contributed by atoms with Crippen LogP contribution in [0.2, 0.25) is 0 Å². The second-order valence-corrected chi connectivity index (χ2v) is 6.50. The molecule has 0 bridgehead atoms. The summed E-state index contributed by atoms with van der Waals surface area (Å²) in [5.74, 6) is 1.96. The van der Waals surface area contributed by atoms with E-state index < -0.39 is 6.03 Å². The predicted octanol–water partition coefficient (Wildman–Crippen LogP) is 4.87. The maximum atomic E-state index is 12.3. The lowest BCUT2D eigenvalue weighted by molar-refractivity contribution is 0.262. The number of aromatic nitrogens is 1. The third kappa shape index (κ3) is 4.72. The second-order valence-electron chi connectivity index (χ2n) is 5.64. The number of ether oxygens (including phenoxy) is 3. The molecule has 0 spiro atoms. The Kier molecular flexibility index (Phi) is 6.33. The van der Waals surface area contributed by atoms with Gasteiger partial charge in [0.05, 0.1) is 32.2 Å². The molecule has 2 aromatic carbocycles. The normalized spacial score (nSPS) is 10.2. The molecular formula is C20H21N3O4S. The third-order valence-corrected chi connectivity index (χ3v) is 4.60. The molecule has 0 aliphatic rings. The summed E-state index contributed by atoms with van der Waals surface area (Å²) in [5, 5.41) is 7.87. The highest BCUT2D eigenvalue weighted by molar-refractivity contribution is 7.14. The van der Waals surface area contributed by atoms with Gasteiger partial charge in [-0.3, -0.25) is 5.32 Å². The Bertz CT molecular complexity index is 941. The van der Waals surface area contributed by atoms with Gasteiger partial charge >= 0.3 is 6.03 Å². The number of benzene rings is 2. The summed E-state index contributed by atoms with van der Waals surface area (Å²) >= 11 is 1.35. The molecule has 7 nitrogen and oxygen atoms in total. The van der Waals surface area contributed by atoms with Crippen molar-refractivity contribution in [2.24, 2.45) is 0 Å². The Balaban J connectivity index is 1.65. The van der Waals surface area contributed by atoms with E-state index in [1.165, 1.54) is 18.4 Å². The summed E-state index contributed by atoms with van der Waals surface area (Å²) in [7, 11) is 3.10. The van der Waals surface area contributed by atoms with Crippen LogP contribution in [0, 0.1) is 0 Å². The van der Waals surface area contributed by atoms with Crippen LogP contribution in [0.3, 0.4) is 0 Å². The van der Waals surface area contributed by atoms with Crippen LogP contribution < -0.4 is 24.8 Å². The minimum atomic E-state index is -0.406. The molecule has 0 aliphatic carbocycles. The smallest absolute Gasteiger partial charge is 0.325 e. The van der Waals surface area contributed by atoms with Crippen molar-refractivity contribution in [3.05, 3.63) is 47.8 Å².